The van der Waals surface area contributed by atoms with E-state index >= 15 is 0 Å². The first-order valence-corrected chi connectivity index (χ1v) is 19.0. The van der Waals surface area contributed by atoms with Gasteiger partial charge in [-0.25, -0.2) is 0 Å². The Morgan fingerprint density at radius 2 is 1.12 bits per heavy atom. The number of hydrogen-bond donors (Lipinski definition) is 2. The van der Waals surface area contributed by atoms with Crippen molar-refractivity contribution in [1.29, 1.82) is 0 Å². The molecule has 0 aliphatic carbocycles. The van der Waals surface area contributed by atoms with E-state index in [9.17, 15) is 15.0 Å². The van der Waals surface area contributed by atoms with Gasteiger partial charge in [-0.3, -0.25) is 14.6 Å². The maximum absolute atomic E-state index is 10.9. The maximum Gasteiger partial charge on any atom is 0.373 e. The van der Waals surface area contributed by atoms with Gasteiger partial charge in [-0.15, -0.1) is 12.4 Å². The summed E-state index contributed by atoms with van der Waals surface area (Å²) >= 11 is 0. The number of nitrogens with zero attached hydrogens (tertiary/aromatic N) is 2. The monoisotopic (exact) mass is 812 g/mol. The molecular formula is C49H65ClN2O6. The minimum atomic E-state index is 0. The number of phenols is 2. The molecule has 0 amide bonds. The van der Waals surface area contributed by atoms with Gasteiger partial charge in [0.05, 0.1) is 6.54 Å². The minimum Gasteiger partial charge on any atom is -0.508 e. The van der Waals surface area contributed by atoms with Crippen LogP contribution in [0.4, 0.5) is 0 Å². The smallest absolute Gasteiger partial charge is 0.373 e. The highest BCUT2D eigenvalue weighted by molar-refractivity contribution is 5.85. The maximum atomic E-state index is 10.9. The van der Waals surface area contributed by atoms with Crippen LogP contribution in [0.1, 0.15) is 84.6 Å². The van der Waals surface area contributed by atoms with Crippen LogP contribution < -0.4 is 0 Å². The molecule has 9 heteroatoms. The van der Waals surface area contributed by atoms with E-state index in [-0.39, 0.29) is 44.2 Å². The Hall–Kier alpha value is -4.98. The second-order valence-corrected chi connectivity index (χ2v) is 15.4. The topological polar surface area (TPSA) is 107 Å². The fourth-order valence-electron chi connectivity index (χ4n) is 7.87. The average Bonchev–Trinajstić information content (AvgIpc) is 3.16. The van der Waals surface area contributed by atoms with Crippen LogP contribution >= 0.6 is 12.4 Å². The number of rotatable bonds is 10. The fourth-order valence-corrected chi connectivity index (χ4v) is 7.87. The molecule has 2 fully saturated rings. The highest BCUT2D eigenvalue weighted by atomic mass is 35.5. The largest absolute Gasteiger partial charge is 0.508 e. The summed E-state index contributed by atoms with van der Waals surface area (Å²) in [5, 5.41) is 19.7. The van der Waals surface area contributed by atoms with Gasteiger partial charge in [-0.05, 0) is 108 Å². The predicted octanol–water partition coefficient (Wildman–Crippen LogP) is 10.4. The number of halogens is 1. The summed E-state index contributed by atoms with van der Waals surface area (Å²) < 4.78 is 5.24. The lowest BCUT2D eigenvalue weighted by atomic mass is 9.68. The number of carbonyl (C=O) groups excluding carboxylic acids is 3. The van der Waals surface area contributed by atoms with Gasteiger partial charge < -0.3 is 14.9 Å². The lowest BCUT2D eigenvalue weighted by Gasteiger charge is -2.45. The number of phenolic OH excluding ortho intramolecular Hbond substituents is 2. The molecule has 2 aliphatic rings. The lowest BCUT2D eigenvalue weighted by Crippen LogP contribution is -2.47. The zero-order chi connectivity index (χ0) is 39.8. The van der Waals surface area contributed by atoms with E-state index in [0.717, 1.165) is 51.1 Å². The number of carbonyl (C=O) groups is 1. The van der Waals surface area contributed by atoms with Crippen LogP contribution in [0.3, 0.4) is 0 Å². The summed E-state index contributed by atoms with van der Waals surface area (Å²) in [5.41, 5.74) is 6.28. The standard InChI is InChI=1S/C23H27NO3.C23H29NO.CO2.2CH4.ClH/c1-18-15-24(12-11-23(18,2)20-9-6-10-21(26)14-20)16-22(27-17-25)13-19-7-4-3-5-8-19;1-18(14-20-8-5-4-6-9-20)16-24-13-12-23(3,19(2)17-24)21-10-7-11-22(25)15-21;2-1-3;;;/h3-10,13-14,17-18,26H,11-12,15-16H2,1-2H3;4-11,14-15,19,25H,12-13,16-17H2,1-3H3;;2*1H4;1H/b22-13+;18-14-;;;;/t18-,23+;19-,23+;;;;/m00..../s1. The van der Waals surface area contributed by atoms with Gasteiger partial charge in [0, 0.05) is 19.6 Å². The molecular weight excluding hydrogens is 748 g/mol. The summed E-state index contributed by atoms with van der Waals surface area (Å²) in [7, 11) is 0. The first-order valence-electron chi connectivity index (χ1n) is 19.0. The van der Waals surface area contributed by atoms with Gasteiger partial charge in [-0.1, -0.05) is 139 Å². The molecule has 314 valence electrons. The van der Waals surface area contributed by atoms with E-state index in [4.69, 9.17) is 14.3 Å². The summed E-state index contributed by atoms with van der Waals surface area (Å²) in [6.07, 6.45) is 6.56. The van der Waals surface area contributed by atoms with E-state index in [1.54, 1.807) is 12.1 Å². The van der Waals surface area contributed by atoms with E-state index in [2.05, 4.69) is 93.0 Å². The van der Waals surface area contributed by atoms with Crippen LogP contribution in [-0.4, -0.2) is 71.9 Å². The Bertz CT molecular complexity index is 1910. The molecule has 0 radical (unpaired) electrons. The van der Waals surface area contributed by atoms with E-state index in [1.807, 2.05) is 60.7 Å². The van der Waals surface area contributed by atoms with Gasteiger partial charge in [0.25, 0.3) is 6.47 Å². The third kappa shape index (κ3) is 14.4. The Morgan fingerprint density at radius 1 is 0.707 bits per heavy atom. The van der Waals surface area contributed by atoms with E-state index in [0.29, 0.717) is 42.1 Å². The summed E-state index contributed by atoms with van der Waals surface area (Å²) in [6, 6.07) is 35.8. The molecule has 2 saturated heterocycles. The zero-order valence-corrected chi connectivity index (χ0v) is 34.1. The number of aromatic hydroxyl groups is 2. The number of piperidine rings is 2. The van der Waals surface area contributed by atoms with Gasteiger partial charge in [0.15, 0.2) is 0 Å². The van der Waals surface area contributed by atoms with Crippen LogP contribution in [0, 0.1) is 11.8 Å². The van der Waals surface area contributed by atoms with Crippen LogP contribution in [0.15, 0.2) is 121 Å². The SMILES string of the molecule is C.C.C/C(=C/c1ccccc1)CN1CC[C@@](C)(c2cccc(O)c2)[C@@H](C)C1.C[C@H]1CN(C/C(=C\c2ccccc2)OC=O)CC[C@@]1(C)c1cccc(O)c1.Cl.O=C=O. The summed E-state index contributed by atoms with van der Waals surface area (Å²) in [5.74, 6) is 2.30. The van der Waals surface area contributed by atoms with Gasteiger partial charge in [0.1, 0.15) is 17.3 Å². The first kappa shape index (κ1) is 51.0. The number of likely N-dealkylation sites (tertiary alicyclic amines) is 2. The summed E-state index contributed by atoms with van der Waals surface area (Å²) in [6.45, 7) is 17.5. The molecule has 4 aromatic carbocycles. The average molecular weight is 814 g/mol. The molecule has 0 unspecified atom stereocenters. The zero-order valence-electron chi connectivity index (χ0n) is 33.3. The number of benzene rings is 4. The van der Waals surface area contributed by atoms with Crippen molar-refractivity contribution >= 4 is 37.2 Å². The molecule has 4 atom stereocenters. The van der Waals surface area contributed by atoms with Crippen molar-refractivity contribution in [2.75, 3.05) is 39.3 Å². The van der Waals surface area contributed by atoms with Crippen molar-refractivity contribution in [2.45, 2.75) is 73.1 Å². The molecule has 2 aliphatic heterocycles. The molecule has 2 N–H and O–H groups in total. The van der Waals surface area contributed by atoms with Crippen molar-refractivity contribution in [3.63, 3.8) is 0 Å². The summed E-state index contributed by atoms with van der Waals surface area (Å²) in [4.78, 5) is 32.1. The van der Waals surface area contributed by atoms with Gasteiger partial charge in [-0.2, -0.15) is 9.59 Å². The highest BCUT2D eigenvalue weighted by Gasteiger charge is 2.39. The molecule has 0 bridgehead atoms. The Balaban J connectivity index is 0.000000519. The predicted molar refractivity (Wildman–Crippen MR) is 239 cm³/mol. The highest BCUT2D eigenvalue weighted by Crippen LogP contribution is 2.41. The third-order valence-corrected chi connectivity index (χ3v) is 11.5. The molecule has 4 aromatic rings. The second-order valence-electron chi connectivity index (χ2n) is 15.4. The van der Waals surface area contributed by atoms with Gasteiger partial charge in [0.2, 0.25) is 0 Å². The van der Waals surface area contributed by atoms with E-state index < -0.39 is 0 Å². The fraction of sp³-hybridized carbons (Fsp3) is 0.388. The molecule has 0 spiro atoms. The Morgan fingerprint density at radius 3 is 1.52 bits per heavy atom. The molecule has 0 aromatic heterocycles. The van der Waals surface area contributed by atoms with Crippen molar-refractivity contribution in [3.8, 4) is 11.5 Å². The van der Waals surface area contributed by atoms with E-state index in [1.165, 1.54) is 22.3 Å². The quantitative estimate of drug-likeness (QED) is 0.120. The van der Waals surface area contributed by atoms with Crippen LogP contribution in [0.2, 0.25) is 0 Å². The second kappa shape index (κ2) is 24.7. The number of hydrogen-bond acceptors (Lipinski definition) is 8. The van der Waals surface area contributed by atoms with Crippen molar-refractivity contribution < 1.29 is 29.3 Å². The minimum absolute atomic E-state index is 0. The Kier molecular flexibility index (Phi) is 21.7. The van der Waals surface area contributed by atoms with Crippen LogP contribution in [0.5, 0.6) is 11.5 Å². The van der Waals surface area contributed by atoms with Crippen LogP contribution in [0.25, 0.3) is 12.2 Å². The Labute approximate surface area is 353 Å². The van der Waals surface area contributed by atoms with Crippen molar-refractivity contribution in [3.05, 3.63) is 143 Å². The van der Waals surface area contributed by atoms with Crippen molar-refractivity contribution in [2.24, 2.45) is 11.8 Å². The number of ether oxygens (including phenoxy) is 1. The first-order chi connectivity index (χ1) is 26.4. The normalized spacial score (nSPS) is 22.0. The molecule has 8 nitrogen and oxygen atoms in total. The lowest BCUT2D eigenvalue weighted by molar-refractivity contribution is -0.191. The van der Waals surface area contributed by atoms with Gasteiger partial charge >= 0.3 is 6.15 Å². The molecule has 58 heavy (non-hydrogen) atoms. The molecule has 2 heterocycles. The third-order valence-electron chi connectivity index (χ3n) is 11.5. The molecule has 6 rings (SSSR count). The van der Waals surface area contributed by atoms with Crippen LogP contribution in [-0.2, 0) is 30.0 Å². The molecule has 0 saturated carbocycles. The van der Waals surface area contributed by atoms with Crippen molar-refractivity contribution in [1.82, 2.24) is 9.80 Å².